The van der Waals surface area contributed by atoms with Crippen LogP contribution in [0.1, 0.15) is 27.2 Å². The number of rotatable bonds is 6. The van der Waals surface area contributed by atoms with E-state index in [2.05, 4.69) is 20.8 Å². The SMILES string of the molecule is CC[N+](CC)(CC)CCCN.[Cl-]. The first-order chi connectivity index (χ1) is 5.24. The van der Waals surface area contributed by atoms with Gasteiger partial charge in [-0.25, -0.2) is 0 Å². The molecule has 0 bridgehead atoms. The quantitative estimate of drug-likeness (QED) is 0.497. The lowest BCUT2D eigenvalue weighted by Crippen LogP contribution is -3.00. The zero-order valence-electron chi connectivity index (χ0n) is 8.65. The van der Waals surface area contributed by atoms with Crippen LogP contribution in [0, 0.1) is 0 Å². The monoisotopic (exact) mass is 194 g/mol. The van der Waals surface area contributed by atoms with Crippen molar-refractivity contribution >= 4 is 0 Å². The van der Waals surface area contributed by atoms with Crippen molar-refractivity contribution in [2.24, 2.45) is 5.73 Å². The van der Waals surface area contributed by atoms with E-state index in [0.717, 1.165) is 13.0 Å². The van der Waals surface area contributed by atoms with Gasteiger partial charge in [-0.2, -0.15) is 0 Å². The van der Waals surface area contributed by atoms with Crippen LogP contribution < -0.4 is 18.1 Å². The normalized spacial score (nSPS) is 11.0. The van der Waals surface area contributed by atoms with Gasteiger partial charge in [-0.05, 0) is 27.3 Å². The molecule has 0 aromatic rings. The molecule has 0 aromatic heterocycles. The molecule has 0 atom stereocenters. The molecule has 76 valence electrons. The van der Waals surface area contributed by atoms with Gasteiger partial charge in [0.2, 0.25) is 0 Å². The summed E-state index contributed by atoms with van der Waals surface area (Å²) < 4.78 is 1.23. The summed E-state index contributed by atoms with van der Waals surface area (Å²) in [6.07, 6.45) is 1.16. The number of nitrogens with two attached hydrogens (primary N) is 1. The minimum atomic E-state index is 0. The predicted octanol–water partition coefficient (Wildman–Crippen LogP) is -1.78. The molecule has 0 saturated carbocycles. The van der Waals surface area contributed by atoms with Gasteiger partial charge < -0.3 is 22.6 Å². The van der Waals surface area contributed by atoms with E-state index in [0.29, 0.717) is 0 Å². The molecule has 2 N–H and O–H groups in total. The third kappa shape index (κ3) is 4.29. The summed E-state index contributed by atoms with van der Waals surface area (Å²) in [5, 5.41) is 0. The fourth-order valence-electron chi connectivity index (χ4n) is 1.57. The Morgan fingerprint density at radius 1 is 1.00 bits per heavy atom. The standard InChI is InChI=1S/C9H23N2.ClH/c1-4-11(5-2,6-3)9-7-8-10;/h4-10H2,1-3H3;1H/q+1;/p-1. The molecule has 0 fully saturated rings. The predicted molar refractivity (Wildman–Crippen MR) is 50.4 cm³/mol. The first kappa shape index (κ1) is 14.7. The van der Waals surface area contributed by atoms with Gasteiger partial charge in [0, 0.05) is 6.42 Å². The average molecular weight is 195 g/mol. The molecule has 0 aliphatic heterocycles. The molecular formula is C9H23ClN2. The van der Waals surface area contributed by atoms with Gasteiger partial charge in [0.25, 0.3) is 0 Å². The van der Waals surface area contributed by atoms with Crippen molar-refractivity contribution in [2.45, 2.75) is 27.2 Å². The summed E-state index contributed by atoms with van der Waals surface area (Å²) in [7, 11) is 0. The van der Waals surface area contributed by atoms with Crippen molar-refractivity contribution in [3.8, 4) is 0 Å². The lowest BCUT2D eigenvalue weighted by molar-refractivity contribution is -0.923. The van der Waals surface area contributed by atoms with E-state index in [1.165, 1.54) is 30.7 Å². The van der Waals surface area contributed by atoms with Gasteiger partial charge in [-0.1, -0.05) is 0 Å². The third-order valence-electron chi connectivity index (χ3n) is 2.85. The topological polar surface area (TPSA) is 26.0 Å². The van der Waals surface area contributed by atoms with E-state index in [-0.39, 0.29) is 12.4 Å². The van der Waals surface area contributed by atoms with Crippen LogP contribution in [0.25, 0.3) is 0 Å². The Hall–Kier alpha value is 0.210. The Labute approximate surface area is 83.1 Å². The van der Waals surface area contributed by atoms with Crippen LogP contribution in [0.3, 0.4) is 0 Å². The van der Waals surface area contributed by atoms with Gasteiger partial charge in [-0.3, -0.25) is 0 Å². The van der Waals surface area contributed by atoms with Gasteiger partial charge >= 0.3 is 0 Å². The van der Waals surface area contributed by atoms with Crippen LogP contribution in [0.15, 0.2) is 0 Å². The van der Waals surface area contributed by atoms with Crippen molar-refractivity contribution in [3.63, 3.8) is 0 Å². The molecule has 0 aliphatic rings. The second kappa shape index (κ2) is 7.84. The minimum Gasteiger partial charge on any atom is -1.00 e. The van der Waals surface area contributed by atoms with Gasteiger partial charge in [0.1, 0.15) is 0 Å². The van der Waals surface area contributed by atoms with Crippen LogP contribution in [0.5, 0.6) is 0 Å². The molecule has 0 aromatic carbocycles. The molecule has 0 saturated heterocycles. The largest absolute Gasteiger partial charge is 1.00 e. The maximum atomic E-state index is 5.49. The second-order valence-corrected chi connectivity index (χ2v) is 3.16. The minimum absolute atomic E-state index is 0. The molecule has 0 heterocycles. The molecule has 0 unspecified atom stereocenters. The van der Waals surface area contributed by atoms with Crippen LogP contribution in [-0.4, -0.2) is 37.2 Å². The molecule has 0 spiro atoms. The number of quaternary nitrogens is 1. The van der Waals surface area contributed by atoms with E-state index in [9.17, 15) is 0 Å². The second-order valence-electron chi connectivity index (χ2n) is 3.16. The van der Waals surface area contributed by atoms with Crippen molar-refractivity contribution in [1.82, 2.24) is 0 Å². The zero-order valence-corrected chi connectivity index (χ0v) is 9.40. The highest BCUT2D eigenvalue weighted by Gasteiger charge is 2.18. The molecule has 0 rings (SSSR count). The Bertz CT molecular complexity index is 84.3. The molecule has 0 radical (unpaired) electrons. The highest BCUT2D eigenvalue weighted by molar-refractivity contribution is 4.40. The van der Waals surface area contributed by atoms with E-state index < -0.39 is 0 Å². The maximum absolute atomic E-state index is 5.49. The molecule has 3 heteroatoms. The number of hydrogen-bond donors (Lipinski definition) is 1. The van der Waals surface area contributed by atoms with E-state index >= 15 is 0 Å². The van der Waals surface area contributed by atoms with Gasteiger partial charge in [0.05, 0.1) is 26.2 Å². The number of hydrogen-bond acceptors (Lipinski definition) is 1. The van der Waals surface area contributed by atoms with Crippen LogP contribution >= 0.6 is 0 Å². The molecular weight excluding hydrogens is 172 g/mol. The highest BCUT2D eigenvalue weighted by atomic mass is 35.5. The summed E-state index contributed by atoms with van der Waals surface area (Å²) in [5.41, 5.74) is 5.49. The van der Waals surface area contributed by atoms with Gasteiger partial charge in [-0.15, -0.1) is 0 Å². The summed E-state index contributed by atoms with van der Waals surface area (Å²) >= 11 is 0. The Morgan fingerprint density at radius 2 is 1.42 bits per heavy atom. The fraction of sp³-hybridized carbons (Fsp3) is 1.00. The summed E-state index contributed by atoms with van der Waals surface area (Å²) in [6, 6.07) is 0. The van der Waals surface area contributed by atoms with E-state index in [1.807, 2.05) is 0 Å². The van der Waals surface area contributed by atoms with E-state index in [4.69, 9.17) is 5.73 Å². The zero-order chi connectivity index (χ0) is 8.74. The molecule has 0 aliphatic carbocycles. The Morgan fingerprint density at radius 3 is 1.67 bits per heavy atom. The smallest absolute Gasteiger partial charge is 0.0798 e. The molecule has 2 nitrogen and oxygen atoms in total. The number of nitrogens with zero attached hydrogens (tertiary/aromatic N) is 1. The third-order valence-corrected chi connectivity index (χ3v) is 2.85. The summed E-state index contributed by atoms with van der Waals surface area (Å²) in [6.45, 7) is 12.6. The Balaban J connectivity index is 0. The van der Waals surface area contributed by atoms with E-state index in [1.54, 1.807) is 0 Å². The lowest BCUT2D eigenvalue weighted by Gasteiger charge is -2.35. The fourth-order valence-corrected chi connectivity index (χ4v) is 1.57. The molecule has 12 heavy (non-hydrogen) atoms. The van der Waals surface area contributed by atoms with Crippen molar-refractivity contribution in [2.75, 3.05) is 32.7 Å². The highest BCUT2D eigenvalue weighted by Crippen LogP contribution is 2.05. The van der Waals surface area contributed by atoms with Crippen LogP contribution in [-0.2, 0) is 0 Å². The number of halogens is 1. The van der Waals surface area contributed by atoms with Crippen molar-refractivity contribution < 1.29 is 16.9 Å². The first-order valence-corrected chi connectivity index (χ1v) is 4.79. The summed E-state index contributed by atoms with van der Waals surface area (Å²) in [5.74, 6) is 0. The average Bonchev–Trinajstić information content (AvgIpc) is 2.08. The summed E-state index contributed by atoms with van der Waals surface area (Å²) in [4.78, 5) is 0. The molecule has 0 amide bonds. The van der Waals surface area contributed by atoms with Crippen LogP contribution in [0.2, 0.25) is 0 Å². The van der Waals surface area contributed by atoms with Crippen molar-refractivity contribution in [1.29, 1.82) is 0 Å². The Kier molecular flexibility index (Phi) is 9.61. The first-order valence-electron chi connectivity index (χ1n) is 4.79. The van der Waals surface area contributed by atoms with Crippen LogP contribution in [0.4, 0.5) is 0 Å². The maximum Gasteiger partial charge on any atom is 0.0798 e. The lowest BCUT2D eigenvalue weighted by atomic mass is 10.3. The van der Waals surface area contributed by atoms with Crippen molar-refractivity contribution in [3.05, 3.63) is 0 Å². The van der Waals surface area contributed by atoms with Gasteiger partial charge in [0.15, 0.2) is 0 Å².